The van der Waals surface area contributed by atoms with Gasteiger partial charge in [-0.2, -0.15) is 0 Å². The lowest BCUT2D eigenvalue weighted by Crippen LogP contribution is -2.49. The summed E-state index contributed by atoms with van der Waals surface area (Å²) in [5.74, 6) is -1.00. The van der Waals surface area contributed by atoms with Crippen LogP contribution in [-0.4, -0.2) is 41.9 Å². The lowest BCUT2D eigenvalue weighted by atomic mass is 10.0. The van der Waals surface area contributed by atoms with Gasteiger partial charge in [0, 0.05) is 13.2 Å². The van der Waals surface area contributed by atoms with Gasteiger partial charge in [0.1, 0.15) is 6.04 Å². The Balaban J connectivity index is 2.33. The van der Waals surface area contributed by atoms with E-state index in [1.54, 1.807) is 0 Å². The second-order valence-electron chi connectivity index (χ2n) is 4.91. The van der Waals surface area contributed by atoms with Gasteiger partial charge < -0.3 is 20.5 Å². The molecule has 1 aliphatic heterocycles. The van der Waals surface area contributed by atoms with Crippen LogP contribution in [0.1, 0.15) is 39.5 Å². The van der Waals surface area contributed by atoms with Gasteiger partial charge in [0.2, 0.25) is 0 Å². The van der Waals surface area contributed by atoms with Gasteiger partial charge in [-0.15, -0.1) is 0 Å². The van der Waals surface area contributed by atoms with Crippen molar-refractivity contribution in [2.45, 2.75) is 51.2 Å². The molecule has 2 atom stereocenters. The number of urea groups is 1. The molecule has 18 heavy (non-hydrogen) atoms. The molecule has 0 spiro atoms. The molecule has 0 saturated carbocycles. The summed E-state index contributed by atoms with van der Waals surface area (Å²) in [6.45, 7) is 4.94. The number of carbonyl (C=O) groups excluding carboxylic acids is 1. The van der Waals surface area contributed by atoms with Gasteiger partial charge in [0.15, 0.2) is 0 Å². The second kappa shape index (κ2) is 6.58. The van der Waals surface area contributed by atoms with Gasteiger partial charge in [-0.05, 0) is 26.2 Å². The van der Waals surface area contributed by atoms with Crippen LogP contribution in [0.25, 0.3) is 0 Å². The summed E-state index contributed by atoms with van der Waals surface area (Å²) in [6, 6.07) is -1.28. The van der Waals surface area contributed by atoms with Gasteiger partial charge in [-0.25, -0.2) is 9.59 Å². The Kier molecular flexibility index (Phi) is 5.40. The summed E-state index contributed by atoms with van der Waals surface area (Å²) in [5.41, 5.74) is -0.319. The molecule has 1 saturated heterocycles. The molecule has 0 aromatic heterocycles. The third-order valence-electron chi connectivity index (χ3n) is 3.10. The number of carboxylic acids is 1. The van der Waals surface area contributed by atoms with Crippen LogP contribution in [0.5, 0.6) is 0 Å². The van der Waals surface area contributed by atoms with Crippen molar-refractivity contribution < 1.29 is 19.4 Å². The first-order valence-electron chi connectivity index (χ1n) is 6.38. The summed E-state index contributed by atoms with van der Waals surface area (Å²) in [7, 11) is 0. The highest BCUT2D eigenvalue weighted by molar-refractivity contribution is 5.82. The van der Waals surface area contributed by atoms with Crippen molar-refractivity contribution in [3.63, 3.8) is 0 Å². The van der Waals surface area contributed by atoms with Crippen LogP contribution in [0.15, 0.2) is 0 Å². The van der Waals surface area contributed by atoms with Crippen LogP contribution in [0.3, 0.4) is 0 Å². The topological polar surface area (TPSA) is 87.7 Å². The molecule has 1 aliphatic rings. The Morgan fingerprint density at radius 3 is 2.72 bits per heavy atom. The van der Waals surface area contributed by atoms with E-state index in [0.29, 0.717) is 26.0 Å². The fourth-order valence-electron chi connectivity index (χ4n) is 2.00. The molecule has 0 bridgehead atoms. The van der Waals surface area contributed by atoms with Crippen LogP contribution < -0.4 is 10.6 Å². The minimum Gasteiger partial charge on any atom is -0.480 e. The van der Waals surface area contributed by atoms with Crippen molar-refractivity contribution in [2.75, 3.05) is 13.2 Å². The first kappa shape index (κ1) is 14.8. The second-order valence-corrected chi connectivity index (χ2v) is 4.91. The molecule has 3 N–H and O–H groups in total. The van der Waals surface area contributed by atoms with E-state index in [1.165, 1.54) is 0 Å². The highest BCUT2D eigenvalue weighted by atomic mass is 16.5. The number of ether oxygens (including phenoxy) is 1. The van der Waals surface area contributed by atoms with E-state index >= 15 is 0 Å². The van der Waals surface area contributed by atoms with Gasteiger partial charge >= 0.3 is 12.0 Å². The van der Waals surface area contributed by atoms with Gasteiger partial charge in [-0.3, -0.25) is 0 Å². The molecule has 0 aliphatic carbocycles. The summed E-state index contributed by atoms with van der Waals surface area (Å²) < 4.78 is 5.53. The zero-order valence-electron chi connectivity index (χ0n) is 11.0. The van der Waals surface area contributed by atoms with Crippen molar-refractivity contribution in [3.05, 3.63) is 0 Å². The van der Waals surface area contributed by atoms with Crippen LogP contribution in [0, 0.1) is 0 Å². The maximum Gasteiger partial charge on any atom is 0.326 e. The van der Waals surface area contributed by atoms with Crippen LogP contribution in [0.4, 0.5) is 4.79 Å². The molecular formula is C12H22N2O4. The Labute approximate surface area is 107 Å². The number of amides is 2. The standard InChI is InChI=1S/C12H22N2O4/c1-3-5-9(10(15)16)14-11(17)13-8-12(2)6-4-7-18-12/h9H,3-8H2,1-2H3,(H,15,16)(H2,13,14,17). The van der Waals surface area contributed by atoms with Crippen LogP contribution in [-0.2, 0) is 9.53 Å². The minimum atomic E-state index is -1.00. The molecule has 0 radical (unpaired) electrons. The number of carboxylic acid groups (broad SMARTS) is 1. The smallest absolute Gasteiger partial charge is 0.326 e. The maximum atomic E-state index is 11.6. The van der Waals surface area contributed by atoms with Gasteiger partial charge in [0.05, 0.1) is 5.60 Å². The number of carbonyl (C=O) groups is 2. The zero-order valence-corrected chi connectivity index (χ0v) is 11.0. The Hall–Kier alpha value is -1.30. The number of hydrogen-bond acceptors (Lipinski definition) is 3. The molecule has 6 nitrogen and oxygen atoms in total. The Morgan fingerprint density at radius 1 is 1.50 bits per heavy atom. The minimum absolute atomic E-state index is 0.319. The quantitative estimate of drug-likeness (QED) is 0.666. The van der Waals surface area contributed by atoms with E-state index in [4.69, 9.17) is 9.84 Å². The molecule has 104 valence electrons. The summed E-state index contributed by atoms with van der Waals surface area (Å²) in [4.78, 5) is 22.5. The summed E-state index contributed by atoms with van der Waals surface area (Å²) in [6.07, 6.45) is 3.03. The van der Waals surface area contributed by atoms with Crippen molar-refractivity contribution in [1.29, 1.82) is 0 Å². The molecule has 1 fully saturated rings. The van der Waals surface area contributed by atoms with Crippen molar-refractivity contribution in [2.24, 2.45) is 0 Å². The average molecular weight is 258 g/mol. The molecule has 1 rings (SSSR count). The Bertz CT molecular complexity index is 300. The van der Waals surface area contributed by atoms with E-state index in [1.807, 2.05) is 13.8 Å². The van der Waals surface area contributed by atoms with E-state index in [9.17, 15) is 9.59 Å². The predicted octanol–water partition coefficient (Wildman–Crippen LogP) is 1.11. The van der Waals surface area contributed by atoms with Gasteiger partial charge in [0.25, 0.3) is 0 Å². The summed E-state index contributed by atoms with van der Waals surface area (Å²) >= 11 is 0. The van der Waals surface area contributed by atoms with E-state index < -0.39 is 18.0 Å². The molecule has 0 aromatic rings. The van der Waals surface area contributed by atoms with Crippen molar-refractivity contribution >= 4 is 12.0 Å². The number of rotatable bonds is 6. The van der Waals surface area contributed by atoms with E-state index in [-0.39, 0.29) is 5.60 Å². The third-order valence-corrected chi connectivity index (χ3v) is 3.10. The largest absolute Gasteiger partial charge is 0.480 e. The first-order valence-corrected chi connectivity index (χ1v) is 6.38. The first-order chi connectivity index (χ1) is 8.47. The normalized spacial score (nSPS) is 24.6. The van der Waals surface area contributed by atoms with Crippen molar-refractivity contribution in [1.82, 2.24) is 10.6 Å². The fourth-order valence-corrected chi connectivity index (χ4v) is 2.00. The fraction of sp³-hybridized carbons (Fsp3) is 0.833. The molecular weight excluding hydrogens is 236 g/mol. The van der Waals surface area contributed by atoms with Crippen LogP contribution in [0.2, 0.25) is 0 Å². The third kappa shape index (κ3) is 4.52. The lowest BCUT2D eigenvalue weighted by Gasteiger charge is -2.24. The number of aliphatic carboxylic acids is 1. The number of hydrogen-bond donors (Lipinski definition) is 3. The average Bonchev–Trinajstić information content (AvgIpc) is 2.73. The van der Waals surface area contributed by atoms with E-state index in [2.05, 4.69) is 10.6 Å². The lowest BCUT2D eigenvalue weighted by molar-refractivity contribution is -0.139. The van der Waals surface area contributed by atoms with Crippen molar-refractivity contribution in [3.8, 4) is 0 Å². The maximum absolute atomic E-state index is 11.6. The zero-order chi connectivity index (χ0) is 13.6. The molecule has 2 amide bonds. The monoisotopic (exact) mass is 258 g/mol. The SMILES string of the molecule is CCCC(NC(=O)NCC1(C)CCCO1)C(=O)O. The molecule has 6 heteroatoms. The van der Waals surface area contributed by atoms with E-state index in [0.717, 1.165) is 12.8 Å². The highest BCUT2D eigenvalue weighted by Crippen LogP contribution is 2.23. The molecule has 0 aromatic carbocycles. The highest BCUT2D eigenvalue weighted by Gasteiger charge is 2.30. The predicted molar refractivity (Wildman–Crippen MR) is 66.5 cm³/mol. The summed E-state index contributed by atoms with van der Waals surface area (Å²) in [5, 5.41) is 14.0. The van der Waals surface area contributed by atoms with Gasteiger partial charge in [-0.1, -0.05) is 13.3 Å². The molecule has 1 heterocycles. The number of nitrogens with one attached hydrogen (secondary N) is 2. The van der Waals surface area contributed by atoms with Crippen LogP contribution >= 0.6 is 0 Å². The Morgan fingerprint density at radius 2 is 2.22 bits per heavy atom. The molecule has 2 unspecified atom stereocenters.